The van der Waals surface area contributed by atoms with E-state index in [4.69, 9.17) is 24.3 Å². The van der Waals surface area contributed by atoms with Gasteiger partial charge in [0.25, 0.3) is 0 Å². The van der Waals surface area contributed by atoms with Crippen molar-refractivity contribution in [1.29, 1.82) is 0 Å². The average Bonchev–Trinajstić information content (AvgIpc) is 3.32. The number of carbonyl (C=O) groups excluding carboxylic acids is 2. The maximum absolute atomic E-state index is 12.8. The number of carbonyl (C=O) groups is 2. The van der Waals surface area contributed by atoms with Crippen LogP contribution in [-0.4, -0.2) is 49.3 Å². The fraction of sp³-hybridized carbons (Fsp3) is 0.735. The largest absolute Gasteiger partial charge is 0.472 e. The Hall–Kier alpha value is -3.59. The van der Waals surface area contributed by atoms with Gasteiger partial charge in [0, 0.05) is 19.4 Å². The van der Waals surface area contributed by atoms with Crippen LogP contribution in [0.3, 0.4) is 0 Å². The van der Waals surface area contributed by atoms with E-state index in [1.165, 1.54) is 225 Å². The van der Waals surface area contributed by atoms with E-state index in [2.05, 4.69) is 135 Å². The summed E-state index contributed by atoms with van der Waals surface area (Å²) in [5, 5.41) is 0. The molecule has 0 fully saturated rings. The second-order valence-electron chi connectivity index (χ2n) is 25.8. The van der Waals surface area contributed by atoms with Gasteiger partial charge < -0.3 is 20.1 Å². The lowest BCUT2D eigenvalue weighted by atomic mass is 10.0. The Morgan fingerprint density at radius 2 is 0.591 bits per heavy atom. The van der Waals surface area contributed by atoms with E-state index in [1.54, 1.807) is 0 Å². The molecule has 0 aromatic heterocycles. The molecule has 2 atom stereocenters. The topological polar surface area (TPSA) is 134 Å². The summed E-state index contributed by atoms with van der Waals surface area (Å²) in [6, 6.07) is 0. The summed E-state index contributed by atoms with van der Waals surface area (Å²) in [6.45, 7) is 3.65. The molecule has 0 radical (unpaired) electrons. The lowest BCUT2D eigenvalue weighted by molar-refractivity contribution is -0.161. The molecule has 0 aliphatic heterocycles. The molecule has 536 valence electrons. The number of hydrogen-bond acceptors (Lipinski definition) is 8. The van der Waals surface area contributed by atoms with Gasteiger partial charge in [0.05, 0.1) is 13.2 Å². The van der Waals surface area contributed by atoms with Crippen LogP contribution in [-0.2, 0) is 32.7 Å². The van der Waals surface area contributed by atoms with Crippen LogP contribution < -0.4 is 5.73 Å². The smallest absolute Gasteiger partial charge is 0.462 e. The van der Waals surface area contributed by atoms with E-state index >= 15 is 0 Å². The fourth-order valence-corrected chi connectivity index (χ4v) is 11.9. The number of rotatable bonds is 73. The minimum absolute atomic E-state index is 0.0498. The van der Waals surface area contributed by atoms with Crippen LogP contribution in [0.25, 0.3) is 0 Å². The van der Waals surface area contributed by atoms with Crippen molar-refractivity contribution in [3.05, 3.63) is 122 Å². The standard InChI is InChI=1S/C83H146NO8P/c1-3-5-7-9-11-13-15-17-19-21-23-25-27-29-31-33-35-37-38-39-40-41-42-44-45-47-49-51-53-55-57-59-61-63-65-67-69-71-73-75-82(85)89-79-81(80-91-93(87,88)90-78-77-84)92-83(86)76-74-72-70-68-66-64-62-60-58-56-54-52-50-48-46-43-36-34-32-30-28-26-24-22-20-18-16-14-12-10-8-6-4-2/h6,8,12,14-15,17-18,20-21,23-24,26-27,29-30,32,36,43,48,50,81H,3-5,7,9-11,13,16,19,22,25,28,31,33-35,37-42,44-47,49,51-80,84H2,1-2H3,(H,87,88)/b8-6-,14-12-,17-15-,20-18-,23-21-,26-24-,29-27-,32-30-,43-36-,50-48-. The molecular formula is C83H146NO8P. The van der Waals surface area contributed by atoms with Crippen molar-refractivity contribution >= 4 is 19.8 Å². The molecule has 93 heavy (non-hydrogen) atoms. The third-order valence-corrected chi connectivity index (χ3v) is 17.8. The molecule has 0 spiro atoms. The first kappa shape index (κ1) is 89.4. The van der Waals surface area contributed by atoms with Crippen molar-refractivity contribution < 1.29 is 37.6 Å². The van der Waals surface area contributed by atoms with Crippen molar-refractivity contribution in [2.24, 2.45) is 5.73 Å². The monoisotopic (exact) mass is 1320 g/mol. The van der Waals surface area contributed by atoms with Gasteiger partial charge in [0.1, 0.15) is 6.61 Å². The second kappa shape index (κ2) is 77.4. The van der Waals surface area contributed by atoms with Crippen molar-refractivity contribution in [3.63, 3.8) is 0 Å². The zero-order valence-electron chi connectivity index (χ0n) is 60.5. The molecule has 10 heteroatoms. The number of nitrogens with two attached hydrogens (primary N) is 1. The van der Waals surface area contributed by atoms with Crippen LogP contribution in [0.1, 0.15) is 361 Å². The first-order valence-corrected chi connectivity index (χ1v) is 40.5. The number of allylic oxidation sites excluding steroid dienone is 20. The summed E-state index contributed by atoms with van der Waals surface area (Å²) < 4.78 is 33.3. The summed E-state index contributed by atoms with van der Waals surface area (Å²) in [6.07, 6.45) is 109. The van der Waals surface area contributed by atoms with Crippen LogP contribution in [0.5, 0.6) is 0 Å². The third-order valence-electron chi connectivity index (χ3n) is 16.8. The zero-order chi connectivity index (χ0) is 67.2. The highest BCUT2D eigenvalue weighted by atomic mass is 31.2. The van der Waals surface area contributed by atoms with Gasteiger partial charge in [-0.3, -0.25) is 18.6 Å². The van der Waals surface area contributed by atoms with E-state index in [0.29, 0.717) is 6.42 Å². The lowest BCUT2D eigenvalue weighted by Gasteiger charge is -2.19. The van der Waals surface area contributed by atoms with Crippen molar-refractivity contribution in [3.8, 4) is 0 Å². The van der Waals surface area contributed by atoms with Gasteiger partial charge in [-0.05, 0) is 109 Å². The van der Waals surface area contributed by atoms with Crippen LogP contribution in [0.15, 0.2) is 122 Å². The van der Waals surface area contributed by atoms with Gasteiger partial charge in [-0.2, -0.15) is 0 Å². The molecule has 0 aromatic rings. The number of esters is 2. The third kappa shape index (κ3) is 77.3. The highest BCUT2D eigenvalue weighted by Crippen LogP contribution is 2.43. The molecule has 0 aliphatic carbocycles. The van der Waals surface area contributed by atoms with Gasteiger partial charge in [-0.25, -0.2) is 4.57 Å². The Kier molecular flexibility index (Phi) is 74.4. The number of ether oxygens (including phenoxy) is 2. The summed E-state index contributed by atoms with van der Waals surface area (Å²) >= 11 is 0. The van der Waals surface area contributed by atoms with Crippen LogP contribution in [0.2, 0.25) is 0 Å². The van der Waals surface area contributed by atoms with Gasteiger partial charge in [0.2, 0.25) is 0 Å². The molecule has 0 aliphatic rings. The van der Waals surface area contributed by atoms with E-state index < -0.39 is 26.5 Å². The molecule has 3 N–H and O–H groups in total. The Bertz CT molecular complexity index is 1950. The van der Waals surface area contributed by atoms with Crippen molar-refractivity contribution in [2.45, 2.75) is 367 Å². The zero-order valence-corrected chi connectivity index (χ0v) is 61.4. The molecule has 0 rings (SSSR count). The van der Waals surface area contributed by atoms with E-state index in [1.807, 2.05) is 0 Å². The van der Waals surface area contributed by atoms with Crippen molar-refractivity contribution in [2.75, 3.05) is 26.4 Å². The van der Waals surface area contributed by atoms with Crippen LogP contribution >= 0.6 is 7.82 Å². The quantitative estimate of drug-likeness (QED) is 0.0264. The maximum Gasteiger partial charge on any atom is 0.472 e. The molecule has 0 aromatic carbocycles. The maximum atomic E-state index is 12.8. The van der Waals surface area contributed by atoms with Crippen LogP contribution in [0.4, 0.5) is 0 Å². The molecule has 0 heterocycles. The number of hydrogen-bond donors (Lipinski definition) is 2. The SMILES string of the molecule is CC/C=C\C/C=C\C/C=C\C/C=C\C/C=C\C/C=C\C/C=C\CCCCCCCCCCCCCC(=O)OC(COC(=O)CCCCCCCCCCCCCCCCCCCCCCCCCC/C=C\C/C=C\C/C=C\CCCCCCC)COP(=O)(O)OCCN. The van der Waals surface area contributed by atoms with Gasteiger partial charge in [-0.1, -0.05) is 360 Å². The van der Waals surface area contributed by atoms with Gasteiger partial charge in [-0.15, -0.1) is 0 Å². The Labute approximate surface area is 574 Å². The highest BCUT2D eigenvalue weighted by Gasteiger charge is 2.26. The van der Waals surface area contributed by atoms with E-state index in [0.717, 1.165) is 103 Å². The first-order chi connectivity index (χ1) is 45.8. The molecule has 2 unspecified atom stereocenters. The lowest BCUT2D eigenvalue weighted by Crippen LogP contribution is -2.29. The molecular weight excluding hydrogens is 1170 g/mol. The first-order valence-electron chi connectivity index (χ1n) is 39.0. The van der Waals surface area contributed by atoms with Gasteiger partial charge >= 0.3 is 19.8 Å². The minimum atomic E-state index is -4.40. The predicted molar refractivity (Wildman–Crippen MR) is 404 cm³/mol. The Balaban J connectivity index is 3.83. The highest BCUT2D eigenvalue weighted by molar-refractivity contribution is 7.47. The Morgan fingerprint density at radius 1 is 0.333 bits per heavy atom. The summed E-state index contributed by atoms with van der Waals surface area (Å²) in [4.78, 5) is 35.4. The summed E-state index contributed by atoms with van der Waals surface area (Å²) in [5.41, 5.74) is 5.41. The van der Waals surface area contributed by atoms with Crippen molar-refractivity contribution in [1.82, 2.24) is 0 Å². The number of phosphoric ester groups is 1. The number of unbranched alkanes of at least 4 members (excludes halogenated alkanes) is 40. The second-order valence-corrected chi connectivity index (χ2v) is 27.3. The fourth-order valence-electron chi connectivity index (χ4n) is 11.1. The van der Waals surface area contributed by atoms with Gasteiger partial charge in [0.15, 0.2) is 6.10 Å². The molecule has 0 saturated heterocycles. The Morgan fingerprint density at radius 3 is 0.882 bits per heavy atom. The molecule has 0 amide bonds. The van der Waals surface area contributed by atoms with E-state index in [-0.39, 0.29) is 38.6 Å². The molecule has 0 saturated carbocycles. The average molecular weight is 1320 g/mol. The minimum Gasteiger partial charge on any atom is -0.462 e. The predicted octanol–water partition coefficient (Wildman–Crippen LogP) is 26.2. The molecule has 0 bridgehead atoms. The van der Waals surface area contributed by atoms with E-state index in [9.17, 15) is 19.0 Å². The van der Waals surface area contributed by atoms with Crippen LogP contribution in [0, 0.1) is 0 Å². The molecule has 9 nitrogen and oxygen atoms in total. The summed E-state index contributed by atoms with van der Waals surface area (Å²) in [5.74, 6) is -0.822. The normalized spacial score (nSPS) is 13.5. The number of phosphoric acid groups is 1. The summed E-state index contributed by atoms with van der Waals surface area (Å²) in [7, 11) is -4.40.